The van der Waals surface area contributed by atoms with Crippen LogP contribution in [0.25, 0.3) is 0 Å². The third-order valence-electron chi connectivity index (χ3n) is 3.28. The number of likely N-dealkylation sites (N-methyl/N-ethyl adjacent to an activating group) is 1. The van der Waals surface area contributed by atoms with E-state index in [-0.39, 0.29) is 5.91 Å². The predicted molar refractivity (Wildman–Crippen MR) is 64.4 cm³/mol. The van der Waals surface area contributed by atoms with Crippen molar-refractivity contribution in [2.45, 2.75) is 44.8 Å². The molecule has 4 nitrogen and oxygen atoms in total. The van der Waals surface area contributed by atoms with E-state index in [9.17, 15) is 4.79 Å². The van der Waals surface area contributed by atoms with Crippen LogP contribution in [0.5, 0.6) is 0 Å². The van der Waals surface area contributed by atoms with Crippen LogP contribution in [0.15, 0.2) is 0 Å². The van der Waals surface area contributed by atoms with Crippen LogP contribution in [0, 0.1) is 0 Å². The van der Waals surface area contributed by atoms with Crippen molar-refractivity contribution >= 4 is 5.91 Å². The molecule has 1 aliphatic heterocycles. The topological polar surface area (TPSA) is 41.6 Å². The van der Waals surface area contributed by atoms with Crippen molar-refractivity contribution in [2.24, 2.45) is 0 Å². The van der Waals surface area contributed by atoms with Crippen LogP contribution in [0.4, 0.5) is 0 Å². The predicted octanol–water partition coefficient (Wildman–Crippen LogP) is 1.01. The van der Waals surface area contributed by atoms with E-state index >= 15 is 0 Å². The molecule has 0 aliphatic carbocycles. The highest BCUT2D eigenvalue weighted by molar-refractivity contribution is 5.84. The van der Waals surface area contributed by atoms with Gasteiger partial charge in [0.05, 0.1) is 0 Å². The van der Waals surface area contributed by atoms with Gasteiger partial charge in [-0.05, 0) is 33.2 Å². The van der Waals surface area contributed by atoms with Gasteiger partial charge < -0.3 is 15.0 Å². The zero-order valence-corrected chi connectivity index (χ0v) is 10.9. The molecule has 0 bridgehead atoms. The first-order valence-corrected chi connectivity index (χ1v) is 6.01. The van der Waals surface area contributed by atoms with Gasteiger partial charge in [-0.3, -0.25) is 4.79 Å². The summed E-state index contributed by atoms with van der Waals surface area (Å²) in [4.78, 5) is 13.8. The summed E-state index contributed by atoms with van der Waals surface area (Å²) in [5.41, 5.74) is -0.719. The standard InChI is InChI=1S/C12H24N2O2/c1-12(2,16-4)11(15)14(3)9-10-7-5-6-8-13-10/h10,13H,5-9H2,1-4H3. The van der Waals surface area contributed by atoms with Gasteiger partial charge in [0.15, 0.2) is 0 Å². The van der Waals surface area contributed by atoms with Gasteiger partial charge in [0, 0.05) is 26.7 Å². The average molecular weight is 228 g/mol. The van der Waals surface area contributed by atoms with Crippen molar-refractivity contribution in [2.75, 3.05) is 27.2 Å². The van der Waals surface area contributed by atoms with E-state index in [1.165, 1.54) is 12.8 Å². The maximum Gasteiger partial charge on any atom is 0.254 e. The minimum atomic E-state index is -0.719. The van der Waals surface area contributed by atoms with Gasteiger partial charge in [-0.1, -0.05) is 6.42 Å². The number of nitrogens with zero attached hydrogens (tertiary/aromatic N) is 1. The Morgan fingerprint density at radius 3 is 2.69 bits per heavy atom. The first-order valence-electron chi connectivity index (χ1n) is 6.01. The molecule has 1 rings (SSSR count). The van der Waals surface area contributed by atoms with Crippen molar-refractivity contribution < 1.29 is 9.53 Å². The summed E-state index contributed by atoms with van der Waals surface area (Å²) in [7, 11) is 3.42. The number of methoxy groups -OCH3 is 1. The molecule has 1 saturated heterocycles. The molecule has 16 heavy (non-hydrogen) atoms. The van der Waals surface area contributed by atoms with E-state index in [1.807, 2.05) is 7.05 Å². The normalized spacial score (nSPS) is 21.9. The summed E-state index contributed by atoms with van der Waals surface area (Å²) < 4.78 is 5.20. The lowest BCUT2D eigenvalue weighted by Gasteiger charge is -2.32. The van der Waals surface area contributed by atoms with E-state index in [1.54, 1.807) is 25.9 Å². The number of rotatable bonds is 4. The third kappa shape index (κ3) is 3.46. The van der Waals surface area contributed by atoms with E-state index in [2.05, 4.69) is 5.32 Å². The molecule has 0 aromatic carbocycles. The van der Waals surface area contributed by atoms with E-state index < -0.39 is 5.60 Å². The molecule has 0 spiro atoms. The Morgan fingerprint density at radius 2 is 2.19 bits per heavy atom. The van der Waals surface area contributed by atoms with Crippen LogP contribution in [-0.2, 0) is 9.53 Å². The smallest absolute Gasteiger partial charge is 0.254 e. The van der Waals surface area contributed by atoms with Crippen molar-refractivity contribution in [3.05, 3.63) is 0 Å². The zero-order valence-electron chi connectivity index (χ0n) is 10.9. The molecule has 0 aromatic heterocycles. The third-order valence-corrected chi connectivity index (χ3v) is 3.28. The first kappa shape index (κ1) is 13.5. The van der Waals surface area contributed by atoms with Crippen molar-refractivity contribution in [3.8, 4) is 0 Å². The van der Waals surface area contributed by atoms with Gasteiger partial charge in [-0.15, -0.1) is 0 Å². The molecule has 1 aliphatic rings. The monoisotopic (exact) mass is 228 g/mol. The number of nitrogens with one attached hydrogen (secondary N) is 1. The fourth-order valence-electron chi connectivity index (χ4n) is 2.04. The Morgan fingerprint density at radius 1 is 1.50 bits per heavy atom. The highest BCUT2D eigenvalue weighted by atomic mass is 16.5. The molecule has 0 radical (unpaired) electrons. The lowest BCUT2D eigenvalue weighted by molar-refractivity contribution is -0.149. The summed E-state index contributed by atoms with van der Waals surface area (Å²) in [6.07, 6.45) is 3.66. The van der Waals surface area contributed by atoms with Gasteiger partial charge in [0.2, 0.25) is 0 Å². The molecule has 1 fully saturated rings. The van der Waals surface area contributed by atoms with E-state index in [0.717, 1.165) is 19.5 Å². The van der Waals surface area contributed by atoms with E-state index in [0.29, 0.717) is 6.04 Å². The van der Waals surface area contributed by atoms with Gasteiger partial charge in [0.25, 0.3) is 5.91 Å². The molecular formula is C12H24N2O2. The molecular weight excluding hydrogens is 204 g/mol. The lowest BCUT2D eigenvalue weighted by Crippen LogP contribution is -2.50. The summed E-state index contributed by atoms with van der Waals surface area (Å²) in [5.74, 6) is 0.0439. The Hall–Kier alpha value is -0.610. The van der Waals surface area contributed by atoms with Crippen molar-refractivity contribution in [1.82, 2.24) is 10.2 Å². The first-order chi connectivity index (χ1) is 7.47. The molecule has 1 N–H and O–H groups in total. The van der Waals surface area contributed by atoms with Crippen LogP contribution >= 0.6 is 0 Å². The number of hydrogen-bond acceptors (Lipinski definition) is 3. The molecule has 1 unspecified atom stereocenters. The second kappa shape index (κ2) is 5.64. The molecule has 1 heterocycles. The fourth-order valence-corrected chi connectivity index (χ4v) is 2.04. The van der Waals surface area contributed by atoms with Gasteiger partial charge >= 0.3 is 0 Å². The van der Waals surface area contributed by atoms with Crippen LogP contribution in [0.1, 0.15) is 33.1 Å². The molecule has 1 atom stereocenters. The molecule has 1 amide bonds. The number of amides is 1. The molecule has 0 aromatic rings. The largest absolute Gasteiger partial charge is 0.369 e. The highest BCUT2D eigenvalue weighted by Crippen LogP contribution is 2.13. The highest BCUT2D eigenvalue weighted by Gasteiger charge is 2.31. The van der Waals surface area contributed by atoms with Crippen LogP contribution in [0.2, 0.25) is 0 Å². The van der Waals surface area contributed by atoms with Crippen molar-refractivity contribution in [3.63, 3.8) is 0 Å². The number of carbonyl (C=O) groups excluding carboxylic acids is 1. The van der Waals surface area contributed by atoms with E-state index in [4.69, 9.17) is 4.74 Å². The fraction of sp³-hybridized carbons (Fsp3) is 0.917. The van der Waals surface area contributed by atoms with Gasteiger partial charge in [-0.25, -0.2) is 0 Å². The summed E-state index contributed by atoms with van der Waals surface area (Å²) in [5, 5.41) is 3.44. The van der Waals surface area contributed by atoms with Crippen LogP contribution in [-0.4, -0.2) is 49.7 Å². The number of piperidine rings is 1. The maximum atomic E-state index is 12.0. The average Bonchev–Trinajstić information content (AvgIpc) is 2.29. The Bertz CT molecular complexity index is 235. The summed E-state index contributed by atoms with van der Waals surface area (Å²) in [6, 6.07) is 0.440. The Kier molecular flexibility index (Phi) is 4.74. The second-order valence-corrected chi connectivity index (χ2v) is 5.05. The number of ether oxygens (including phenoxy) is 1. The van der Waals surface area contributed by atoms with Crippen molar-refractivity contribution in [1.29, 1.82) is 0 Å². The maximum absolute atomic E-state index is 12.0. The SMILES string of the molecule is COC(C)(C)C(=O)N(C)CC1CCCCN1. The Balaban J connectivity index is 2.44. The summed E-state index contributed by atoms with van der Waals surface area (Å²) in [6.45, 7) is 5.45. The second-order valence-electron chi connectivity index (χ2n) is 5.05. The van der Waals surface area contributed by atoms with Crippen LogP contribution < -0.4 is 5.32 Å². The van der Waals surface area contributed by atoms with Gasteiger partial charge in [-0.2, -0.15) is 0 Å². The van der Waals surface area contributed by atoms with Crippen LogP contribution in [0.3, 0.4) is 0 Å². The minimum Gasteiger partial charge on any atom is -0.369 e. The number of hydrogen-bond donors (Lipinski definition) is 1. The quantitative estimate of drug-likeness (QED) is 0.781. The Labute approximate surface area is 98.3 Å². The molecule has 4 heteroatoms. The molecule has 94 valence electrons. The van der Waals surface area contributed by atoms with Gasteiger partial charge in [0.1, 0.15) is 5.60 Å². The summed E-state index contributed by atoms with van der Waals surface area (Å²) >= 11 is 0. The minimum absolute atomic E-state index is 0.0439. The lowest BCUT2D eigenvalue weighted by atomic mass is 10.0. The zero-order chi connectivity index (χ0) is 12.2. The number of carbonyl (C=O) groups is 1. The molecule has 0 saturated carbocycles.